The zero-order chi connectivity index (χ0) is 51.4. The van der Waals surface area contributed by atoms with Crippen molar-refractivity contribution in [1.82, 2.24) is 20.3 Å². The first-order chi connectivity index (χ1) is 34.4. The molecule has 17 heteroatoms. The van der Waals surface area contributed by atoms with Crippen LogP contribution in [0.5, 0.6) is 11.5 Å². The number of carbonyl (C=O) groups excluding carboxylic acids is 4. The van der Waals surface area contributed by atoms with Gasteiger partial charge in [0.15, 0.2) is 0 Å². The fourth-order valence-corrected chi connectivity index (χ4v) is 11.5. The van der Waals surface area contributed by atoms with E-state index in [9.17, 15) is 32.3 Å². The van der Waals surface area contributed by atoms with Crippen LogP contribution in [0.1, 0.15) is 129 Å². The van der Waals surface area contributed by atoms with E-state index in [2.05, 4.69) is 34.1 Å². The Hall–Kier alpha value is -6.55. The molecular formula is C55H60ClF3N6O7. The third-order valence-electron chi connectivity index (χ3n) is 14.9. The predicted octanol–water partition coefficient (Wildman–Crippen LogP) is 10.4. The number of hydrogen-bond donors (Lipinski definition) is 2. The summed E-state index contributed by atoms with van der Waals surface area (Å²) in [6.45, 7) is 6.91. The van der Waals surface area contributed by atoms with E-state index in [1.165, 1.54) is 36.7 Å². The molecule has 3 aliphatic rings. The summed E-state index contributed by atoms with van der Waals surface area (Å²) in [5, 5.41) is 3.16. The van der Waals surface area contributed by atoms with Crippen molar-refractivity contribution < 1.29 is 46.6 Å². The van der Waals surface area contributed by atoms with Crippen molar-refractivity contribution >= 4 is 41.0 Å². The van der Waals surface area contributed by atoms with Crippen LogP contribution in [0, 0.1) is 11.8 Å². The molecule has 1 fully saturated rings. The van der Waals surface area contributed by atoms with Gasteiger partial charge in [0.2, 0.25) is 11.7 Å². The fourth-order valence-electron chi connectivity index (χ4n) is 11.3. The van der Waals surface area contributed by atoms with Gasteiger partial charge in [0, 0.05) is 52.5 Å². The van der Waals surface area contributed by atoms with Gasteiger partial charge in [0.05, 0.1) is 26.4 Å². The number of nitrogens with one attached hydrogen (secondary N) is 1. The molecule has 0 bridgehead atoms. The third-order valence-corrected chi connectivity index (χ3v) is 15.1. The Morgan fingerprint density at radius 1 is 0.931 bits per heavy atom. The van der Waals surface area contributed by atoms with Crippen molar-refractivity contribution in [2.45, 2.75) is 120 Å². The molecular weight excluding hydrogens is 949 g/mol. The number of amides is 3. The topological polar surface area (TPSA) is 176 Å². The molecule has 3 aliphatic carbocycles. The number of aromatic nitrogens is 3. The maximum absolute atomic E-state index is 14.6. The second-order valence-corrected chi connectivity index (χ2v) is 20.1. The quantitative estimate of drug-likeness (QED) is 0.0673. The fraction of sp³-hybridized carbons (Fsp3) is 0.436. The standard InChI is InChI=1S/C55H60ClF3N6O7/c1-33(32-72-46-18-23-61-45-14-5-9-34(2)48(45)46)25-40-27-38-16-17-43(71-24-8-15-47(66)64-35(3)36-10-6-11-37(26-36)39-30-62-50(49(60)67)63-31-39)29-44(38)53(40)19-21-54(22-20-53,52(69)70-4)65(51(68)55(57,58)59)42-13-7-12-41(56)28-42/h6-7,10-13,16-18,23,26,28-31,33-35,40H,5,8-9,14-15,19-22,24-25,27,32H2,1-4H3,(H2,60,67)(H,64,66)/t33-,34-,35-,40+,53?,54?/m1/s1. The van der Waals surface area contributed by atoms with E-state index in [1.807, 2.05) is 55.5 Å². The van der Waals surface area contributed by atoms with Gasteiger partial charge >= 0.3 is 18.1 Å². The third kappa shape index (κ3) is 10.9. The largest absolute Gasteiger partial charge is 0.494 e. The Morgan fingerprint density at radius 2 is 1.68 bits per heavy atom. The summed E-state index contributed by atoms with van der Waals surface area (Å²) in [5.74, 6) is -2.24. The van der Waals surface area contributed by atoms with E-state index in [-0.39, 0.29) is 79.0 Å². The molecule has 2 aromatic heterocycles. The van der Waals surface area contributed by atoms with Crippen molar-refractivity contribution in [1.29, 1.82) is 0 Å². The van der Waals surface area contributed by atoms with E-state index in [1.54, 1.807) is 6.20 Å². The lowest BCUT2D eigenvalue weighted by Gasteiger charge is -2.51. The van der Waals surface area contributed by atoms with Crippen LogP contribution < -0.4 is 25.4 Å². The average Bonchev–Trinajstić information content (AvgIpc) is 3.65. The summed E-state index contributed by atoms with van der Waals surface area (Å²) in [6, 6.07) is 20.7. The van der Waals surface area contributed by atoms with Crippen molar-refractivity contribution in [3.8, 4) is 22.6 Å². The predicted molar refractivity (Wildman–Crippen MR) is 266 cm³/mol. The van der Waals surface area contributed by atoms with Crippen LogP contribution in [0.15, 0.2) is 91.4 Å². The smallest absolute Gasteiger partial charge is 0.471 e. The van der Waals surface area contributed by atoms with Crippen LogP contribution in [0.25, 0.3) is 11.1 Å². The van der Waals surface area contributed by atoms with Crippen LogP contribution in [0.3, 0.4) is 0 Å². The van der Waals surface area contributed by atoms with Crippen molar-refractivity contribution in [3.05, 3.63) is 130 Å². The highest BCUT2D eigenvalue weighted by Crippen LogP contribution is 2.58. The molecule has 8 rings (SSSR count). The number of alkyl halides is 3. The first-order valence-corrected chi connectivity index (χ1v) is 24.9. The number of hydrogen-bond acceptors (Lipinski definition) is 10. The summed E-state index contributed by atoms with van der Waals surface area (Å²) in [7, 11) is 1.12. The number of anilines is 1. The Bertz CT molecular complexity index is 2800. The molecule has 380 valence electrons. The molecule has 0 radical (unpaired) electrons. The molecule has 3 N–H and O–H groups in total. The number of esters is 1. The summed E-state index contributed by atoms with van der Waals surface area (Å²) < 4.78 is 61.9. The van der Waals surface area contributed by atoms with Gasteiger partial charge in [0.1, 0.15) is 17.0 Å². The Balaban J connectivity index is 0.994. The second kappa shape index (κ2) is 21.7. The molecule has 0 aliphatic heterocycles. The number of pyridine rings is 1. The number of rotatable bonds is 17. The average molecular weight is 1010 g/mol. The van der Waals surface area contributed by atoms with Gasteiger partial charge in [0.25, 0.3) is 5.91 Å². The number of ether oxygens (including phenoxy) is 3. The first-order valence-electron chi connectivity index (χ1n) is 24.6. The van der Waals surface area contributed by atoms with Crippen LogP contribution >= 0.6 is 11.6 Å². The molecule has 2 heterocycles. The lowest BCUT2D eigenvalue weighted by molar-refractivity contribution is -0.174. The number of carbonyl (C=O) groups is 4. The van der Waals surface area contributed by atoms with Crippen molar-refractivity contribution in [2.75, 3.05) is 25.2 Å². The first kappa shape index (κ1) is 51.8. The van der Waals surface area contributed by atoms with Gasteiger partial charge < -0.3 is 25.3 Å². The molecule has 3 aromatic carbocycles. The van der Waals surface area contributed by atoms with Crippen LogP contribution in [-0.2, 0) is 37.4 Å². The summed E-state index contributed by atoms with van der Waals surface area (Å²) in [6.07, 6.45) is 4.93. The summed E-state index contributed by atoms with van der Waals surface area (Å²) >= 11 is 6.29. The molecule has 0 unspecified atom stereocenters. The Labute approximate surface area is 422 Å². The maximum Gasteiger partial charge on any atom is 0.471 e. The van der Waals surface area contributed by atoms with Crippen molar-refractivity contribution in [3.63, 3.8) is 0 Å². The SMILES string of the molecule is COC(=O)C1(N(C(=O)C(F)(F)F)c2cccc(Cl)c2)CCC2(CC1)c1cc(OCCCC(=O)N[C@H](C)c3cccc(-c4cnc(C(N)=O)nc4)c3)ccc1C[C@@H]2C[C@@H](C)COc1ccnc2c1[C@H](C)CCC2. The zero-order valence-corrected chi connectivity index (χ0v) is 41.7. The number of methoxy groups -OCH3 is 1. The van der Waals surface area contributed by atoms with E-state index in [4.69, 9.17) is 31.5 Å². The van der Waals surface area contributed by atoms with Gasteiger partial charge in [-0.2, -0.15) is 13.2 Å². The van der Waals surface area contributed by atoms with Crippen molar-refractivity contribution in [2.24, 2.45) is 17.6 Å². The van der Waals surface area contributed by atoms with Gasteiger partial charge in [-0.1, -0.05) is 55.8 Å². The lowest BCUT2D eigenvalue weighted by Crippen LogP contribution is -2.63. The minimum Gasteiger partial charge on any atom is -0.494 e. The lowest BCUT2D eigenvalue weighted by atomic mass is 9.59. The molecule has 5 aromatic rings. The number of halogens is 4. The summed E-state index contributed by atoms with van der Waals surface area (Å²) in [5.41, 5.74) is 9.21. The van der Waals surface area contributed by atoms with Crippen LogP contribution in [-0.4, -0.2) is 70.7 Å². The number of aryl methyl sites for hydroxylation is 1. The molecule has 4 atom stereocenters. The van der Waals surface area contributed by atoms with E-state index < -0.39 is 34.9 Å². The highest BCUT2D eigenvalue weighted by molar-refractivity contribution is 6.31. The number of fused-ring (bicyclic) bond motifs is 3. The van der Waals surface area contributed by atoms with Crippen LogP contribution in [0.2, 0.25) is 5.02 Å². The van der Waals surface area contributed by atoms with Gasteiger partial charge in [-0.25, -0.2) is 14.8 Å². The molecule has 3 amide bonds. The normalized spacial score (nSPS) is 21.2. The van der Waals surface area contributed by atoms with E-state index in [0.29, 0.717) is 48.0 Å². The highest BCUT2D eigenvalue weighted by atomic mass is 35.5. The second-order valence-electron chi connectivity index (χ2n) is 19.7. The molecule has 1 spiro atoms. The maximum atomic E-state index is 14.6. The number of nitrogens with zero attached hydrogens (tertiary/aromatic N) is 4. The van der Waals surface area contributed by atoms with Gasteiger partial charge in [-0.05, 0) is 159 Å². The Kier molecular flexibility index (Phi) is 15.6. The highest BCUT2D eigenvalue weighted by Gasteiger charge is 2.60. The number of primary amides is 1. The minimum absolute atomic E-state index is 0.00214. The van der Waals surface area contributed by atoms with Gasteiger partial charge in [-0.15, -0.1) is 0 Å². The minimum atomic E-state index is -5.31. The van der Waals surface area contributed by atoms with Gasteiger partial charge in [-0.3, -0.25) is 24.3 Å². The summed E-state index contributed by atoms with van der Waals surface area (Å²) in [4.78, 5) is 65.4. The van der Waals surface area contributed by atoms with Crippen LogP contribution in [0.4, 0.5) is 18.9 Å². The number of nitrogens with two attached hydrogens (primary N) is 1. The molecule has 1 saturated carbocycles. The Morgan fingerprint density at radius 3 is 2.39 bits per heavy atom. The molecule has 0 saturated heterocycles. The zero-order valence-electron chi connectivity index (χ0n) is 40.9. The number of benzene rings is 3. The van der Waals surface area contributed by atoms with E-state index in [0.717, 1.165) is 65.6 Å². The molecule has 72 heavy (non-hydrogen) atoms. The van der Waals surface area contributed by atoms with E-state index >= 15 is 0 Å². The molecule has 13 nitrogen and oxygen atoms in total. The monoisotopic (exact) mass is 1010 g/mol.